The fourth-order valence-corrected chi connectivity index (χ4v) is 6.08. The highest BCUT2D eigenvalue weighted by atomic mass is 16.5. The smallest absolute Gasteiger partial charge is 0.336 e. The number of carbonyl (C=O) groups is 2. The molecule has 1 aliphatic carbocycles. The molecule has 0 amide bonds. The minimum Gasteiger partial charge on any atom is -0.462 e. The SMILES string of the molecule is C=CC(=O)OCC(CCc1ccc(-c2ccc(C3CCC(CCCCC)CC3)cc2)c(CC)c1)COC(=O)C(=C)C(C)O. The predicted octanol–water partition coefficient (Wildman–Crippen LogP) is 8.53. The summed E-state index contributed by atoms with van der Waals surface area (Å²) < 4.78 is 10.6. The van der Waals surface area contributed by atoms with E-state index in [0.29, 0.717) is 12.3 Å². The number of aliphatic hydroxyl groups is 1. The lowest BCUT2D eigenvalue weighted by molar-refractivity contribution is -0.144. The Morgan fingerprint density at radius 2 is 1.70 bits per heavy atom. The summed E-state index contributed by atoms with van der Waals surface area (Å²) in [5, 5.41) is 9.60. The first-order valence-electron chi connectivity index (χ1n) is 16.3. The molecule has 1 aliphatic rings. The topological polar surface area (TPSA) is 72.8 Å². The molecule has 0 bridgehead atoms. The molecule has 1 fully saturated rings. The van der Waals surface area contributed by atoms with Crippen molar-refractivity contribution in [3.8, 4) is 11.1 Å². The Kier molecular flexibility index (Phi) is 14.2. The number of hydrogen-bond donors (Lipinski definition) is 1. The summed E-state index contributed by atoms with van der Waals surface area (Å²) in [5.74, 6) is 0.262. The first-order valence-corrected chi connectivity index (χ1v) is 16.3. The second-order valence-electron chi connectivity index (χ2n) is 12.2. The Morgan fingerprint density at radius 1 is 1.00 bits per heavy atom. The molecule has 2 aromatic rings. The lowest BCUT2D eigenvalue weighted by Crippen LogP contribution is -2.23. The molecule has 1 saturated carbocycles. The van der Waals surface area contributed by atoms with E-state index in [2.05, 4.69) is 69.5 Å². The second kappa shape index (κ2) is 17.8. The second-order valence-corrected chi connectivity index (χ2v) is 12.2. The number of carbonyl (C=O) groups excluding carboxylic acids is 2. The molecule has 5 heteroatoms. The summed E-state index contributed by atoms with van der Waals surface area (Å²) in [6.45, 7) is 13.1. The Balaban J connectivity index is 1.61. The zero-order valence-corrected chi connectivity index (χ0v) is 26.6. The Hall–Kier alpha value is -3.18. The van der Waals surface area contributed by atoms with Gasteiger partial charge in [-0.05, 0) is 91.5 Å². The quantitative estimate of drug-likeness (QED) is 0.114. The lowest BCUT2D eigenvalue weighted by atomic mass is 9.77. The molecule has 43 heavy (non-hydrogen) atoms. The number of aryl methyl sites for hydroxylation is 2. The van der Waals surface area contributed by atoms with Gasteiger partial charge in [-0.2, -0.15) is 0 Å². The van der Waals surface area contributed by atoms with Crippen molar-refractivity contribution in [3.05, 3.63) is 84.0 Å². The summed E-state index contributed by atoms with van der Waals surface area (Å²) in [5.41, 5.74) is 6.48. The fraction of sp³-hybridized carbons (Fsp3) is 0.526. The van der Waals surface area contributed by atoms with Gasteiger partial charge in [0, 0.05) is 12.0 Å². The number of esters is 2. The molecule has 0 radical (unpaired) electrons. The van der Waals surface area contributed by atoms with Crippen molar-refractivity contribution >= 4 is 11.9 Å². The number of unbranched alkanes of at least 4 members (excludes halogenated alkanes) is 2. The molecule has 0 spiro atoms. The maximum absolute atomic E-state index is 12.2. The van der Waals surface area contributed by atoms with E-state index in [0.717, 1.165) is 24.8 Å². The van der Waals surface area contributed by atoms with Gasteiger partial charge in [-0.25, -0.2) is 9.59 Å². The maximum Gasteiger partial charge on any atom is 0.336 e. The van der Waals surface area contributed by atoms with E-state index in [4.69, 9.17) is 9.47 Å². The Bertz CT molecular complexity index is 1190. The third kappa shape index (κ3) is 10.8. The highest BCUT2D eigenvalue weighted by Crippen LogP contribution is 2.38. The zero-order valence-electron chi connectivity index (χ0n) is 26.6. The molecule has 2 aromatic carbocycles. The largest absolute Gasteiger partial charge is 0.462 e. The number of benzene rings is 2. The summed E-state index contributed by atoms with van der Waals surface area (Å²) in [7, 11) is 0. The normalized spacial score (nSPS) is 18.0. The number of rotatable bonds is 17. The maximum atomic E-state index is 12.2. The molecule has 234 valence electrons. The molecule has 5 nitrogen and oxygen atoms in total. The molecule has 0 aliphatic heterocycles. The third-order valence-electron chi connectivity index (χ3n) is 8.99. The van der Waals surface area contributed by atoms with E-state index in [1.165, 1.54) is 86.1 Å². The van der Waals surface area contributed by atoms with Crippen molar-refractivity contribution in [2.24, 2.45) is 11.8 Å². The van der Waals surface area contributed by atoms with Crippen molar-refractivity contribution in [2.75, 3.05) is 13.2 Å². The monoisotopic (exact) mass is 588 g/mol. The van der Waals surface area contributed by atoms with E-state index < -0.39 is 18.0 Å². The summed E-state index contributed by atoms with van der Waals surface area (Å²) in [6, 6.07) is 15.9. The molecule has 0 heterocycles. The van der Waals surface area contributed by atoms with E-state index in [1.54, 1.807) is 0 Å². The van der Waals surface area contributed by atoms with Crippen molar-refractivity contribution < 1.29 is 24.2 Å². The lowest BCUT2D eigenvalue weighted by Gasteiger charge is -2.29. The number of ether oxygens (including phenoxy) is 2. The van der Waals surface area contributed by atoms with Gasteiger partial charge in [0.15, 0.2) is 0 Å². The molecule has 1 N–H and O–H groups in total. The standard InChI is InChI=1S/C38H52O5/c1-6-9-10-11-29-14-17-33(18-15-29)34-19-21-35(22-20-34)36-23-16-30(24-32(36)7-2)12-13-31(25-42-37(40)8-3)26-43-38(41)27(4)28(5)39/h8,16,19-24,28-29,31,33,39H,3-4,6-7,9-15,17-18,25-26H2,1-2,5H3. The minimum absolute atomic E-state index is 0.00299. The zero-order chi connectivity index (χ0) is 31.2. The predicted molar refractivity (Wildman–Crippen MR) is 175 cm³/mol. The van der Waals surface area contributed by atoms with Crippen LogP contribution in [0.15, 0.2) is 67.3 Å². The first-order chi connectivity index (χ1) is 20.7. The average molecular weight is 589 g/mol. The third-order valence-corrected chi connectivity index (χ3v) is 8.99. The van der Waals surface area contributed by atoms with Crippen molar-refractivity contribution in [1.29, 1.82) is 0 Å². The highest BCUT2D eigenvalue weighted by Gasteiger charge is 2.22. The van der Waals surface area contributed by atoms with Crippen molar-refractivity contribution in [2.45, 2.75) is 103 Å². The van der Waals surface area contributed by atoms with Crippen LogP contribution in [0.2, 0.25) is 0 Å². The molecular formula is C38H52O5. The van der Waals surface area contributed by atoms with E-state index >= 15 is 0 Å². The first kappa shape index (κ1) is 34.3. The Morgan fingerprint density at radius 3 is 2.33 bits per heavy atom. The van der Waals surface area contributed by atoms with Crippen LogP contribution in [-0.2, 0) is 31.9 Å². The molecule has 0 aromatic heterocycles. The van der Waals surface area contributed by atoms with Crippen molar-refractivity contribution in [3.63, 3.8) is 0 Å². The van der Waals surface area contributed by atoms with Gasteiger partial charge in [0.05, 0.1) is 24.9 Å². The van der Waals surface area contributed by atoms with Crippen LogP contribution in [0.5, 0.6) is 0 Å². The van der Waals surface area contributed by atoms with Gasteiger partial charge < -0.3 is 14.6 Å². The molecule has 2 atom stereocenters. The van der Waals surface area contributed by atoms with Gasteiger partial charge in [-0.1, -0.05) is 95.2 Å². The van der Waals surface area contributed by atoms with Crippen LogP contribution in [0.4, 0.5) is 0 Å². The van der Waals surface area contributed by atoms with Crippen LogP contribution in [0.1, 0.15) is 101 Å². The van der Waals surface area contributed by atoms with Crippen LogP contribution in [0.25, 0.3) is 11.1 Å². The van der Waals surface area contributed by atoms with Crippen LogP contribution >= 0.6 is 0 Å². The summed E-state index contributed by atoms with van der Waals surface area (Å²) >= 11 is 0. The van der Waals surface area contributed by atoms with Gasteiger partial charge >= 0.3 is 11.9 Å². The van der Waals surface area contributed by atoms with Crippen LogP contribution in [0.3, 0.4) is 0 Å². The van der Waals surface area contributed by atoms with E-state index in [9.17, 15) is 14.7 Å². The summed E-state index contributed by atoms with van der Waals surface area (Å²) in [6.07, 6.45) is 13.3. The minimum atomic E-state index is -0.980. The molecule has 3 rings (SSSR count). The highest BCUT2D eigenvalue weighted by molar-refractivity contribution is 5.88. The van der Waals surface area contributed by atoms with E-state index in [-0.39, 0.29) is 24.7 Å². The van der Waals surface area contributed by atoms with E-state index in [1.807, 2.05) is 0 Å². The van der Waals surface area contributed by atoms with Crippen LogP contribution in [0, 0.1) is 11.8 Å². The van der Waals surface area contributed by atoms with Gasteiger partial charge in [-0.3, -0.25) is 0 Å². The van der Waals surface area contributed by atoms with Gasteiger partial charge in [-0.15, -0.1) is 0 Å². The summed E-state index contributed by atoms with van der Waals surface area (Å²) in [4.78, 5) is 23.8. The van der Waals surface area contributed by atoms with Gasteiger partial charge in [0.2, 0.25) is 0 Å². The van der Waals surface area contributed by atoms with Crippen molar-refractivity contribution in [1.82, 2.24) is 0 Å². The molecular weight excluding hydrogens is 536 g/mol. The van der Waals surface area contributed by atoms with Crippen LogP contribution in [-0.4, -0.2) is 36.4 Å². The average Bonchev–Trinajstić information content (AvgIpc) is 3.04. The molecule has 2 unspecified atom stereocenters. The number of aliphatic hydroxyl groups excluding tert-OH is 1. The molecule has 0 saturated heterocycles. The van der Waals surface area contributed by atoms with Crippen LogP contribution < -0.4 is 0 Å². The number of hydrogen-bond acceptors (Lipinski definition) is 5. The van der Waals surface area contributed by atoms with Gasteiger partial charge in [0.25, 0.3) is 0 Å². The Labute approximate surface area is 259 Å². The van der Waals surface area contributed by atoms with Gasteiger partial charge in [0.1, 0.15) is 0 Å². The fourth-order valence-electron chi connectivity index (χ4n) is 6.08.